The topological polar surface area (TPSA) is 29.1 Å². The van der Waals surface area contributed by atoms with E-state index in [1.807, 2.05) is 24.3 Å². The van der Waals surface area contributed by atoms with Gasteiger partial charge in [0.15, 0.2) is 0 Å². The van der Waals surface area contributed by atoms with E-state index in [0.29, 0.717) is 10.9 Å². The summed E-state index contributed by atoms with van der Waals surface area (Å²) in [5, 5.41) is 2.62. The highest BCUT2D eigenvalue weighted by molar-refractivity contribution is 9.10. The Kier molecular flexibility index (Phi) is 4.00. The van der Waals surface area contributed by atoms with Gasteiger partial charge in [0.25, 0.3) is 5.91 Å². The van der Waals surface area contributed by atoms with Crippen LogP contribution in [0.2, 0.25) is 0 Å². The Morgan fingerprint density at radius 2 is 2.00 bits per heavy atom. The molecule has 0 heterocycles. The molecule has 108 valence electrons. The smallest absolute Gasteiger partial charge is 0.255 e. The average molecular weight is 369 g/mol. The summed E-state index contributed by atoms with van der Waals surface area (Å²) in [5.41, 5.74) is 2.12. The number of benzene rings is 2. The molecule has 0 aliphatic heterocycles. The Balaban J connectivity index is 1.89. The zero-order valence-corrected chi connectivity index (χ0v) is 13.3. The lowest BCUT2D eigenvalue weighted by Crippen LogP contribution is -2.32. The molecular weight excluding hydrogens is 357 g/mol. The minimum Gasteiger partial charge on any atom is -0.344 e. The molecule has 2 aromatic carbocycles. The van der Waals surface area contributed by atoms with Gasteiger partial charge in [0.2, 0.25) is 0 Å². The van der Waals surface area contributed by atoms with Crippen molar-refractivity contribution in [1.29, 1.82) is 0 Å². The summed E-state index contributed by atoms with van der Waals surface area (Å²) in [6.45, 7) is 0. The maximum Gasteiger partial charge on any atom is 0.255 e. The Morgan fingerprint density at radius 3 is 2.76 bits per heavy atom. The van der Waals surface area contributed by atoms with Crippen LogP contribution < -0.4 is 5.32 Å². The molecule has 1 N–H and O–H groups in total. The van der Waals surface area contributed by atoms with Crippen molar-refractivity contribution in [3.05, 3.63) is 69.4 Å². The van der Waals surface area contributed by atoms with E-state index in [2.05, 4.69) is 21.2 Å². The second kappa shape index (κ2) is 5.78. The fourth-order valence-electron chi connectivity index (χ4n) is 2.64. The summed E-state index contributed by atoms with van der Waals surface area (Å²) >= 11 is 9.54. The highest BCUT2D eigenvalue weighted by Gasteiger charge is 2.32. The zero-order chi connectivity index (χ0) is 15.0. The molecule has 0 saturated heterocycles. The summed E-state index contributed by atoms with van der Waals surface area (Å²) in [4.78, 5) is 12.4. The summed E-state index contributed by atoms with van der Waals surface area (Å²) in [6, 6.07) is 11.9. The minimum atomic E-state index is -0.556. The molecule has 2 unspecified atom stereocenters. The lowest BCUT2D eigenvalue weighted by Gasteiger charge is -2.18. The normalized spacial score (nSPS) is 20.1. The molecule has 0 bridgehead atoms. The second-order valence-electron chi connectivity index (χ2n) is 4.97. The number of alkyl halides is 1. The van der Waals surface area contributed by atoms with Gasteiger partial charge in [-0.25, -0.2) is 4.39 Å². The van der Waals surface area contributed by atoms with E-state index in [4.69, 9.17) is 11.6 Å². The SMILES string of the molecule is O=C(NC1c2ccccc2CC1Cl)c1c(F)cccc1Br. The number of amides is 1. The van der Waals surface area contributed by atoms with Gasteiger partial charge in [0.1, 0.15) is 5.82 Å². The first kappa shape index (κ1) is 14.5. The number of fused-ring (bicyclic) bond motifs is 1. The van der Waals surface area contributed by atoms with Crippen molar-refractivity contribution in [3.63, 3.8) is 0 Å². The van der Waals surface area contributed by atoms with Gasteiger partial charge in [-0.1, -0.05) is 30.3 Å². The van der Waals surface area contributed by atoms with Crippen molar-refractivity contribution < 1.29 is 9.18 Å². The molecule has 2 atom stereocenters. The van der Waals surface area contributed by atoms with E-state index in [0.717, 1.165) is 11.1 Å². The molecule has 1 amide bonds. The monoisotopic (exact) mass is 367 g/mol. The van der Waals surface area contributed by atoms with Gasteiger partial charge in [-0.15, -0.1) is 11.6 Å². The van der Waals surface area contributed by atoms with E-state index < -0.39 is 11.7 Å². The molecule has 2 aromatic rings. The van der Waals surface area contributed by atoms with Gasteiger partial charge in [-0.2, -0.15) is 0 Å². The summed E-state index contributed by atoms with van der Waals surface area (Å²) in [5.74, 6) is -1.02. The highest BCUT2D eigenvalue weighted by atomic mass is 79.9. The molecule has 0 spiro atoms. The number of nitrogens with one attached hydrogen (secondary N) is 1. The van der Waals surface area contributed by atoms with Crippen LogP contribution in [0, 0.1) is 5.82 Å². The van der Waals surface area contributed by atoms with Crippen LogP contribution in [0.15, 0.2) is 46.9 Å². The predicted molar refractivity (Wildman–Crippen MR) is 84.1 cm³/mol. The third-order valence-corrected chi connectivity index (χ3v) is 4.71. The molecule has 3 rings (SSSR count). The second-order valence-corrected chi connectivity index (χ2v) is 6.38. The van der Waals surface area contributed by atoms with Crippen molar-refractivity contribution >= 4 is 33.4 Å². The summed E-state index contributed by atoms with van der Waals surface area (Å²) in [6.07, 6.45) is 0.696. The van der Waals surface area contributed by atoms with Crippen molar-refractivity contribution in [3.8, 4) is 0 Å². The Bertz CT molecular complexity index is 686. The van der Waals surface area contributed by atoms with Gasteiger partial charge in [-0.05, 0) is 45.6 Å². The van der Waals surface area contributed by atoms with Crippen molar-refractivity contribution in [2.24, 2.45) is 0 Å². The van der Waals surface area contributed by atoms with Crippen molar-refractivity contribution in [2.75, 3.05) is 0 Å². The summed E-state index contributed by atoms with van der Waals surface area (Å²) < 4.78 is 14.3. The quantitative estimate of drug-likeness (QED) is 0.790. The molecule has 5 heteroatoms. The fourth-order valence-corrected chi connectivity index (χ4v) is 3.53. The number of carbonyl (C=O) groups is 1. The highest BCUT2D eigenvalue weighted by Crippen LogP contribution is 2.35. The zero-order valence-electron chi connectivity index (χ0n) is 10.9. The van der Waals surface area contributed by atoms with Crippen LogP contribution in [0.25, 0.3) is 0 Å². The first-order valence-electron chi connectivity index (χ1n) is 6.54. The van der Waals surface area contributed by atoms with Crippen LogP contribution in [0.3, 0.4) is 0 Å². The van der Waals surface area contributed by atoms with Gasteiger partial charge in [0.05, 0.1) is 17.0 Å². The van der Waals surface area contributed by atoms with E-state index >= 15 is 0 Å². The molecule has 0 radical (unpaired) electrons. The summed E-state index contributed by atoms with van der Waals surface area (Å²) in [7, 11) is 0. The maximum absolute atomic E-state index is 13.8. The van der Waals surface area contributed by atoms with E-state index in [1.54, 1.807) is 12.1 Å². The predicted octanol–water partition coefficient (Wildman–Crippen LogP) is 4.22. The van der Waals surface area contributed by atoms with Gasteiger partial charge < -0.3 is 5.32 Å². The largest absolute Gasteiger partial charge is 0.344 e. The Hall–Kier alpha value is -1.39. The van der Waals surface area contributed by atoms with Crippen LogP contribution in [-0.2, 0) is 6.42 Å². The number of rotatable bonds is 2. The van der Waals surface area contributed by atoms with Crippen LogP contribution in [0.5, 0.6) is 0 Å². The standard InChI is InChI=1S/C16H12BrClFNO/c17-11-6-3-7-13(19)14(11)16(21)20-15-10-5-2-1-4-9(10)8-12(15)18/h1-7,12,15H,8H2,(H,20,21). The van der Waals surface area contributed by atoms with Gasteiger partial charge in [0, 0.05) is 4.47 Å². The molecule has 0 fully saturated rings. The van der Waals surface area contributed by atoms with Crippen LogP contribution in [0.1, 0.15) is 27.5 Å². The Labute approximate surface area is 135 Å². The van der Waals surface area contributed by atoms with Gasteiger partial charge >= 0.3 is 0 Å². The minimum absolute atomic E-state index is 0.00532. The maximum atomic E-state index is 13.8. The number of hydrogen-bond acceptors (Lipinski definition) is 1. The molecule has 2 nitrogen and oxygen atoms in total. The molecule has 0 aromatic heterocycles. The van der Waals surface area contributed by atoms with Crippen LogP contribution >= 0.6 is 27.5 Å². The van der Waals surface area contributed by atoms with Crippen molar-refractivity contribution in [1.82, 2.24) is 5.32 Å². The van der Waals surface area contributed by atoms with Crippen LogP contribution in [-0.4, -0.2) is 11.3 Å². The fraction of sp³-hybridized carbons (Fsp3) is 0.188. The van der Waals surface area contributed by atoms with Crippen molar-refractivity contribution in [2.45, 2.75) is 17.8 Å². The lowest BCUT2D eigenvalue weighted by molar-refractivity contribution is 0.0932. The molecule has 1 aliphatic rings. The van der Waals surface area contributed by atoms with Crippen LogP contribution in [0.4, 0.5) is 4.39 Å². The first-order valence-corrected chi connectivity index (χ1v) is 7.77. The van der Waals surface area contributed by atoms with Gasteiger partial charge in [-0.3, -0.25) is 4.79 Å². The molecule has 21 heavy (non-hydrogen) atoms. The first-order chi connectivity index (χ1) is 10.1. The van der Waals surface area contributed by atoms with E-state index in [1.165, 1.54) is 6.07 Å². The number of halogens is 3. The molecular formula is C16H12BrClFNO. The van der Waals surface area contributed by atoms with E-state index in [9.17, 15) is 9.18 Å². The molecule has 0 saturated carbocycles. The number of carbonyl (C=O) groups excluding carboxylic acids is 1. The average Bonchev–Trinajstić information content (AvgIpc) is 2.75. The lowest BCUT2D eigenvalue weighted by atomic mass is 10.1. The molecule has 1 aliphatic carbocycles. The third-order valence-electron chi connectivity index (χ3n) is 3.64. The van der Waals surface area contributed by atoms with E-state index in [-0.39, 0.29) is 17.0 Å². The number of hydrogen-bond donors (Lipinski definition) is 1. The third kappa shape index (κ3) is 2.70. The Morgan fingerprint density at radius 1 is 1.24 bits per heavy atom.